The number of ether oxygens (including phenoxy) is 1. The minimum Gasteiger partial charge on any atom is -0.497 e. The van der Waals surface area contributed by atoms with Crippen LogP contribution in [0.4, 0.5) is 0 Å². The van der Waals surface area contributed by atoms with Crippen LogP contribution in [0.1, 0.15) is 40.8 Å². The highest BCUT2D eigenvalue weighted by Crippen LogP contribution is 2.34. The molecule has 1 aromatic heterocycles. The zero-order valence-electron chi connectivity index (χ0n) is 24.6. The summed E-state index contributed by atoms with van der Waals surface area (Å²) < 4.78 is 7.49. The molecule has 0 saturated heterocycles. The molecular formula is C33H32ClN5O4Si. The van der Waals surface area contributed by atoms with Crippen LogP contribution in [0.5, 0.6) is 5.75 Å². The van der Waals surface area contributed by atoms with E-state index in [9.17, 15) is 14.4 Å². The molecular weight excluding hydrogens is 594 g/mol. The molecule has 4 aromatic carbocycles. The number of nitrogens with one attached hydrogen (secondary N) is 1. The Bertz CT molecular complexity index is 1900. The van der Waals surface area contributed by atoms with E-state index in [2.05, 4.69) is 15.5 Å². The summed E-state index contributed by atoms with van der Waals surface area (Å²) in [7, 11) is -1.78. The third kappa shape index (κ3) is 6.02. The fourth-order valence-corrected chi connectivity index (χ4v) is 6.47. The molecule has 44 heavy (non-hydrogen) atoms. The first-order valence-corrected chi connectivity index (χ1v) is 17.1. The fourth-order valence-electron chi connectivity index (χ4n) is 5.52. The number of amides is 1. The van der Waals surface area contributed by atoms with E-state index in [4.69, 9.17) is 21.3 Å². The van der Waals surface area contributed by atoms with Gasteiger partial charge in [0.15, 0.2) is 5.82 Å². The number of benzene rings is 4. The lowest BCUT2D eigenvalue weighted by molar-refractivity contribution is -0.121. The first kappa shape index (κ1) is 29.7. The van der Waals surface area contributed by atoms with E-state index in [1.54, 1.807) is 13.2 Å². The molecule has 0 unspecified atom stereocenters. The van der Waals surface area contributed by atoms with E-state index in [0.29, 0.717) is 46.3 Å². The Morgan fingerprint density at radius 1 is 1.00 bits per heavy atom. The zero-order valence-corrected chi connectivity index (χ0v) is 26.3. The number of aromatic nitrogens is 3. The van der Waals surface area contributed by atoms with Crippen molar-refractivity contribution >= 4 is 47.7 Å². The van der Waals surface area contributed by atoms with Crippen LogP contribution in [-0.4, -0.2) is 58.2 Å². The number of fused-ring (bicyclic) bond motifs is 4. The van der Waals surface area contributed by atoms with Crippen molar-refractivity contribution in [3.05, 3.63) is 112 Å². The molecule has 0 saturated carbocycles. The second-order valence-electron chi connectivity index (χ2n) is 11.0. The Kier molecular flexibility index (Phi) is 8.08. The zero-order chi connectivity index (χ0) is 31.0. The van der Waals surface area contributed by atoms with Crippen LogP contribution in [0.3, 0.4) is 0 Å². The smallest absolute Gasteiger partial charge is 0.363 e. The molecule has 1 aliphatic rings. The summed E-state index contributed by atoms with van der Waals surface area (Å²) >= 11 is 6.20. The van der Waals surface area contributed by atoms with E-state index >= 15 is 0 Å². The average molecular weight is 626 g/mol. The number of hydrogen-bond acceptors (Lipinski definition) is 7. The third-order valence-electron chi connectivity index (χ3n) is 7.82. The van der Waals surface area contributed by atoms with Gasteiger partial charge in [-0.3, -0.25) is 14.4 Å². The first-order valence-electron chi connectivity index (χ1n) is 14.3. The van der Waals surface area contributed by atoms with Gasteiger partial charge in [-0.05, 0) is 71.7 Å². The topological polar surface area (TPSA) is 122 Å². The molecule has 9 nitrogen and oxygen atoms in total. The number of rotatable bonds is 8. The summed E-state index contributed by atoms with van der Waals surface area (Å²) in [6.45, 7) is 3.79. The summed E-state index contributed by atoms with van der Waals surface area (Å²) in [5, 5.41) is 15.0. The number of aliphatic imine (C=N–C) groups is 1. The molecule has 0 bridgehead atoms. The monoisotopic (exact) mass is 625 g/mol. The number of nitrogens with zero attached hydrogens (tertiary/aromatic N) is 4. The lowest BCUT2D eigenvalue weighted by Crippen LogP contribution is -2.44. The Morgan fingerprint density at radius 3 is 2.52 bits per heavy atom. The predicted octanol–water partition coefficient (Wildman–Crippen LogP) is 4.30. The van der Waals surface area contributed by atoms with Crippen LogP contribution in [0.2, 0.25) is 11.6 Å². The highest BCUT2D eigenvalue weighted by molar-refractivity contribution is 6.77. The molecule has 5 aromatic rings. The van der Waals surface area contributed by atoms with Gasteiger partial charge in [-0.2, -0.15) is 0 Å². The van der Waals surface area contributed by atoms with Gasteiger partial charge in [0.05, 0.1) is 24.9 Å². The molecule has 11 heteroatoms. The normalized spacial score (nSPS) is 14.4. The molecule has 1 aliphatic heterocycles. The quantitative estimate of drug-likeness (QED) is 0.221. The van der Waals surface area contributed by atoms with Gasteiger partial charge in [-0.25, -0.2) is 0 Å². The van der Waals surface area contributed by atoms with Crippen LogP contribution in [0, 0.1) is 6.92 Å². The highest BCUT2D eigenvalue weighted by atomic mass is 35.5. The van der Waals surface area contributed by atoms with Gasteiger partial charge in [0.1, 0.15) is 17.6 Å². The van der Waals surface area contributed by atoms with Crippen molar-refractivity contribution in [3.63, 3.8) is 0 Å². The van der Waals surface area contributed by atoms with Crippen LogP contribution in [0.15, 0.2) is 83.9 Å². The number of carbonyl (C=O) groups excluding carboxylic acids is 1. The lowest BCUT2D eigenvalue weighted by atomic mass is 10.00. The Morgan fingerprint density at radius 2 is 1.77 bits per heavy atom. The fraction of sp³-hybridized carbons (Fsp3) is 0.212. The van der Waals surface area contributed by atoms with E-state index in [-0.39, 0.29) is 12.3 Å². The van der Waals surface area contributed by atoms with E-state index in [1.807, 2.05) is 84.3 Å². The van der Waals surface area contributed by atoms with E-state index < -0.39 is 14.6 Å². The van der Waals surface area contributed by atoms with Crippen LogP contribution in [-0.2, 0) is 11.2 Å². The van der Waals surface area contributed by atoms with Gasteiger partial charge in [0.2, 0.25) is 5.91 Å². The summed E-state index contributed by atoms with van der Waals surface area (Å²) in [6, 6.07) is 24.2. The number of methoxy groups -OCH3 is 1. The van der Waals surface area contributed by atoms with E-state index in [0.717, 1.165) is 33.2 Å². The number of halogens is 1. The minimum atomic E-state index is -3.40. The Hall–Kier alpha value is -4.35. The lowest BCUT2D eigenvalue weighted by Gasteiger charge is -2.14. The first-order chi connectivity index (χ1) is 21.1. The molecule has 0 fully saturated rings. The van der Waals surface area contributed by atoms with Crippen molar-refractivity contribution in [2.45, 2.75) is 32.4 Å². The van der Waals surface area contributed by atoms with Crippen molar-refractivity contribution < 1.29 is 19.1 Å². The molecule has 224 valence electrons. The summed E-state index contributed by atoms with van der Waals surface area (Å²) in [6.07, 6.45) is 0.695. The van der Waals surface area contributed by atoms with Crippen LogP contribution in [0.25, 0.3) is 16.5 Å². The second kappa shape index (κ2) is 12.0. The van der Waals surface area contributed by atoms with Crippen LogP contribution >= 0.6 is 11.6 Å². The summed E-state index contributed by atoms with van der Waals surface area (Å²) in [5.41, 5.74) is 4.29. The van der Waals surface area contributed by atoms with Gasteiger partial charge in [-0.1, -0.05) is 60.1 Å². The molecule has 0 radical (unpaired) electrons. The van der Waals surface area contributed by atoms with Crippen molar-refractivity contribution in [1.29, 1.82) is 0 Å². The molecule has 6 rings (SSSR count). The van der Waals surface area contributed by atoms with Gasteiger partial charge in [0, 0.05) is 22.7 Å². The number of hydrogen-bond donors (Lipinski definition) is 3. The maximum absolute atomic E-state index is 13.3. The molecule has 1 atom stereocenters. The van der Waals surface area contributed by atoms with Gasteiger partial charge in [0.25, 0.3) is 0 Å². The Labute approximate surface area is 261 Å². The van der Waals surface area contributed by atoms with E-state index in [1.165, 1.54) is 6.55 Å². The summed E-state index contributed by atoms with van der Waals surface area (Å²) in [4.78, 5) is 38.7. The SMILES string of the molecule is COc1ccc2c(c1)C(c1ccc(Cl)cc1)=N[C@@H](CC(=O)NCCc1ccc3ccc([Si](C)(O)O)cc3c1)c1nnc(C)n1-2. The minimum absolute atomic E-state index is 0.0810. The Balaban J connectivity index is 1.25. The molecule has 1 amide bonds. The molecule has 0 spiro atoms. The highest BCUT2D eigenvalue weighted by Gasteiger charge is 2.30. The van der Waals surface area contributed by atoms with Crippen molar-refractivity contribution in [3.8, 4) is 11.4 Å². The van der Waals surface area contributed by atoms with Crippen LogP contribution < -0.4 is 15.2 Å². The van der Waals surface area contributed by atoms with Gasteiger partial charge < -0.3 is 19.6 Å². The molecule has 3 N–H and O–H groups in total. The van der Waals surface area contributed by atoms with Crippen molar-refractivity contribution in [1.82, 2.24) is 20.1 Å². The van der Waals surface area contributed by atoms with Crippen molar-refractivity contribution in [2.75, 3.05) is 13.7 Å². The van der Waals surface area contributed by atoms with Crippen molar-refractivity contribution in [2.24, 2.45) is 4.99 Å². The third-order valence-corrected chi connectivity index (χ3v) is 9.47. The largest absolute Gasteiger partial charge is 0.497 e. The average Bonchev–Trinajstić information content (AvgIpc) is 3.33. The predicted molar refractivity (Wildman–Crippen MR) is 173 cm³/mol. The van der Waals surface area contributed by atoms with Gasteiger partial charge in [-0.15, -0.1) is 10.2 Å². The van der Waals surface area contributed by atoms with Gasteiger partial charge >= 0.3 is 8.56 Å². The standard InChI is InChI=1S/C33H32ClN5O4Si/c1-20-37-38-33-29(19-31(40)35-15-14-21-4-5-22-8-12-27(44(3,41)42)17-24(22)16-21)36-32(23-6-9-25(34)10-7-23)28-18-26(43-2)11-13-30(28)39(20)33/h4-13,16-18,29,41-42H,14-15,19H2,1-3H3,(H,35,40)/t29-/m0/s1. The second-order valence-corrected chi connectivity index (χ2v) is 14.1. The number of aryl methyl sites for hydroxylation is 1. The number of carbonyl (C=O) groups is 1. The maximum atomic E-state index is 13.3. The maximum Gasteiger partial charge on any atom is 0.363 e. The summed E-state index contributed by atoms with van der Waals surface area (Å²) in [5.74, 6) is 1.80. The molecule has 0 aliphatic carbocycles. The molecule has 2 heterocycles.